The maximum atomic E-state index is 12.0. The first-order chi connectivity index (χ1) is 11.1. The molecule has 0 fully saturated rings. The van der Waals surface area contributed by atoms with Crippen LogP contribution in [-0.2, 0) is 9.53 Å². The molecule has 0 aliphatic carbocycles. The van der Waals surface area contributed by atoms with E-state index in [1.54, 1.807) is 27.7 Å². The van der Waals surface area contributed by atoms with Gasteiger partial charge in [-0.25, -0.2) is 9.78 Å². The van der Waals surface area contributed by atoms with Crippen LogP contribution in [0.5, 0.6) is 0 Å². The molecular weight excluding hydrogens is 314 g/mol. The number of carbonyl (C=O) groups excluding carboxylic acids is 2. The number of nitrogens with one attached hydrogen (secondary N) is 2. The Kier molecular flexibility index (Phi) is 4.82. The molecule has 2 aromatic rings. The van der Waals surface area contributed by atoms with Crippen molar-refractivity contribution in [3.8, 4) is 11.4 Å². The summed E-state index contributed by atoms with van der Waals surface area (Å²) < 4.78 is 10.2. The van der Waals surface area contributed by atoms with E-state index in [-0.39, 0.29) is 17.5 Å². The van der Waals surface area contributed by atoms with Crippen LogP contribution in [0.1, 0.15) is 33.6 Å². The van der Waals surface area contributed by atoms with Crippen LogP contribution >= 0.6 is 0 Å². The lowest BCUT2D eigenvalue weighted by Crippen LogP contribution is -2.27. The topological polar surface area (TPSA) is 119 Å². The first-order valence-electron chi connectivity index (χ1n) is 7.22. The molecule has 0 radical (unpaired) electrons. The van der Waals surface area contributed by atoms with E-state index in [1.807, 2.05) is 0 Å². The smallest absolute Gasteiger partial charge is 0.412 e. The van der Waals surface area contributed by atoms with E-state index in [0.29, 0.717) is 17.1 Å². The quantitative estimate of drug-likeness (QED) is 0.886. The first-order valence-corrected chi connectivity index (χ1v) is 7.22. The summed E-state index contributed by atoms with van der Waals surface area (Å²) in [7, 11) is 0. The van der Waals surface area contributed by atoms with Gasteiger partial charge in [-0.3, -0.25) is 10.1 Å². The number of pyridine rings is 1. The van der Waals surface area contributed by atoms with Crippen LogP contribution in [0.25, 0.3) is 11.4 Å². The van der Waals surface area contributed by atoms with Crippen molar-refractivity contribution in [2.75, 3.05) is 10.6 Å². The molecule has 9 nitrogen and oxygen atoms in total. The third kappa shape index (κ3) is 4.77. The van der Waals surface area contributed by atoms with Gasteiger partial charge in [0.15, 0.2) is 0 Å². The lowest BCUT2D eigenvalue weighted by atomic mass is 10.2. The summed E-state index contributed by atoms with van der Waals surface area (Å²) in [5.74, 6) is 0.631. The summed E-state index contributed by atoms with van der Waals surface area (Å²) in [4.78, 5) is 31.5. The van der Waals surface area contributed by atoms with Crippen molar-refractivity contribution in [3.63, 3.8) is 0 Å². The number of ether oxygens (including phenoxy) is 1. The van der Waals surface area contributed by atoms with Crippen molar-refractivity contribution in [1.82, 2.24) is 15.1 Å². The summed E-state index contributed by atoms with van der Waals surface area (Å²) in [6.07, 6.45) is 0.784. The molecule has 0 atom stereocenters. The average Bonchev–Trinajstić information content (AvgIpc) is 2.82. The second kappa shape index (κ2) is 6.65. The molecule has 9 heteroatoms. The number of aryl methyl sites for hydroxylation is 1. The van der Waals surface area contributed by atoms with Gasteiger partial charge < -0.3 is 14.6 Å². The van der Waals surface area contributed by atoms with Crippen LogP contribution in [-0.4, -0.2) is 32.7 Å². The van der Waals surface area contributed by atoms with Gasteiger partial charge in [-0.2, -0.15) is 4.98 Å². The predicted molar refractivity (Wildman–Crippen MR) is 86.4 cm³/mol. The van der Waals surface area contributed by atoms with E-state index < -0.39 is 11.7 Å². The fraction of sp³-hybridized carbons (Fsp3) is 0.400. The number of nitrogens with zero attached hydrogens (tertiary/aromatic N) is 3. The van der Waals surface area contributed by atoms with Crippen molar-refractivity contribution in [2.45, 2.75) is 40.2 Å². The van der Waals surface area contributed by atoms with E-state index in [2.05, 4.69) is 25.8 Å². The third-order valence-electron chi connectivity index (χ3n) is 2.61. The molecule has 2 heterocycles. The second-order valence-electron chi connectivity index (χ2n) is 6.06. The molecular formula is C15H19N5O4. The molecule has 0 aliphatic rings. The third-order valence-corrected chi connectivity index (χ3v) is 2.61. The van der Waals surface area contributed by atoms with Crippen LogP contribution in [0.2, 0.25) is 0 Å². The van der Waals surface area contributed by atoms with Crippen LogP contribution in [0.3, 0.4) is 0 Å². The SMILES string of the molecule is CC(=O)Nc1cc(NC(=O)OC(C)(C)C)c(-c2noc(C)n2)cn1. The Balaban J connectivity index is 2.36. The standard InChI is InChI=1S/C15H19N5O4/c1-8(21)17-12-6-11(19-14(22)23-15(3,4)5)10(7-16-12)13-18-9(2)24-20-13/h6-7H,1-5H3,(H2,16,17,19,21,22). The Labute approximate surface area is 138 Å². The van der Waals surface area contributed by atoms with Gasteiger partial charge >= 0.3 is 6.09 Å². The maximum absolute atomic E-state index is 12.0. The predicted octanol–water partition coefficient (Wildman–Crippen LogP) is 2.75. The van der Waals surface area contributed by atoms with Gasteiger partial charge in [0, 0.05) is 26.1 Å². The summed E-state index contributed by atoms with van der Waals surface area (Å²) in [6.45, 7) is 8.28. The Morgan fingerprint density at radius 2 is 1.96 bits per heavy atom. The highest BCUT2D eigenvalue weighted by molar-refractivity contribution is 5.93. The van der Waals surface area contributed by atoms with Crippen LogP contribution in [0.4, 0.5) is 16.3 Å². The van der Waals surface area contributed by atoms with Gasteiger partial charge in [0.2, 0.25) is 17.6 Å². The van der Waals surface area contributed by atoms with E-state index in [4.69, 9.17) is 9.26 Å². The zero-order chi connectivity index (χ0) is 17.9. The highest BCUT2D eigenvalue weighted by atomic mass is 16.6. The number of aromatic nitrogens is 3. The van der Waals surface area contributed by atoms with Gasteiger partial charge in [0.25, 0.3) is 0 Å². The zero-order valence-electron chi connectivity index (χ0n) is 14.1. The molecule has 2 N–H and O–H groups in total. The molecule has 2 amide bonds. The lowest BCUT2D eigenvalue weighted by Gasteiger charge is -2.20. The van der Waals surface area contributed by atoms with Crippen molar-refractivity contribution in [1.29, 1.82) is 0 Å². The number of amides is 2. The van der Waals surface area contributed by atoms with E-state index >= 15 is 0 Å². The highest BCUT2D eigenvalue weighted by Gasteiger charge is 2.20. The molecule has 2 rings (SSSR count). The summed E-state index contributed by atoms with van der Waals surface area (Å²) in [6, 6.07) is 1.49. The fourth-order valence-corrected chi connectivity index (χ4v) is 1.81. The maximum Gasteiger partial charge on any atom is 0.412 e. The van der Waals surface area contributed by atoms with E-state index in [0.717, 1.165) is 0 Å². The van der Waals surface area contributed by atoms with Gasteiger partial charge in [0.05, 0.1) is 11.3 Å². The zero-order valence-corrected chi connectivity index (χ0v) is 14.1. The van der Waals surface area contributed by atoms with E-state index in [9.17, 15) is 9.59 Å². The molecule has 2 aromatic heterocycles. The molecule has 0 bridgehead atoms. The normalized spacial score (nSPS) is 11.0. The monoisotopic (exact) mass is 333 g/mol. The lowest BCUT2D eigenvalue weighted by molar-refractivity contribution is -0.114. The Morgan fingerprint density at radius 1 is 1.25 bits per heavy atom. The molecule has 0 unspecified atom stereocenters. The summed E-state index contributed by atoms with van der Waals surface area (Å²) in [5, 5.41) is 8.97. The van der Waals surface area contributed by atoms with Crippen molar-refractivity contribution >= 4 is 23.5 Å². The number of rotatable bonds is 3. The molecule has 0 saturated carbocycles. The van der Waals surface area contributed by atoms with Gasteiger partial charge in [-0.15, -0.1) is 0 Å². The van der Waals surface area contributed by atoms with Gasteiger partial charge in [-0.05, 0) is 20.8 Å². The minimum absolute atomic E-state index is 0.264. The average molecular weight is 333 g/mol. The highest BCUT2D eigenvalue weighted by Crippen LogP contribution is 2.27. The minimum Gasteiger partial charge on any atom is -0.444 e. The number of carbonyl (C=O) groups is 2. The van der Waals surface area contributed by atoms with Gasteiger partial charge in [0.1, 0.15) is 11.4 Å². The van der Waals surface area contributed by atoms with Crippen molar-refractivity contribution in [3.05, 3.63) is 18.2 Å². The molecule has 0 saturated heterocycles. The second-order valence-corrected chi connectivity index (χ2v) is 6.06. The molecule has 0 aromatic carbocycles. The van der Waals surface area contributed by atoms with Crippen molar-refractivity contribution in [2.24, 2.45) is 0 Å². The minimum atomic E-state index is -0.652. The van der Waals surface area contributed by atoms with Crippen molar-refractivity contribution < 1.29 is 18.8 Å². The fourth-order valence-electron chi connectivity index (χ4n) is 1.81. The number of hydrogen-bond donors (Lipinski definition) is 2. The Bertz CT molecular complexity index is 763. The van der Waals surface area contributed by atoms with Crippen LogP contribution < -0.4 is 10.6 Å². The molecule has 24 heavy (non-hydrogen) atoms. The Hall–Kier alpha value is -2.97. The Morgan fingerprint density at radius 3 is 2.50 bits per heavy atom. The van der Waals surface area contributed by atoms with Gasteiger partial charge in [-0.1, -0.05) is 5.16 Å². The number of anilines is 2. The molecule has 0 aliphatic heterocycles. The summed E-state index contributed by atoms with van der Waals surface area (Å²) in [5.41, 5.74) is 0.121. The number of hydrogen-bond acceptors (Lipinski definition) is 7. The molecule has 0 spiro atoms. The molecule has 128 valence electrons. The van der Waals surface area contributed by atoms with E-state index in [1.165, 1.54) is 19.2 Å². The van der Waals surface area contributed by atoms with Crippen LogP contribution in [0.15, 0.2) is 16.8 Å². The first kappa shape index (κ1) is 17.4. The largest absolute Gasteiger partial charge is 0.444 e. The summed E-state index contributed by atoms with van der Waals surface area (Å²) >= 11 is 0. The van der Waals surface area contributed by atoms with Crippen LogP contribution in [0, 0.1) is 6.92 Å².